The molecule has 4 heteroatoms. The third-order valence-electron chi connectivity index (χ3n) is 4.99. The predicted molar refractivity (Wildman–Crippen MR) is 86.3 cm³/mol. The maximum Gasteiger partial charge on any atom is 0.0110 e. The van der Waals surface area contributed by atoms with E-state index in [0.717, 1.165) is 0 Å². The summed E-state index contributed by atoms with van der Waals surface area (Å²) in [6.07, 6.45) is 2.67. The van der Waals surface area contributed by atoms with Crippen molar-refractivity contribution in [2.45, 2.75) is 26.7 Å². The second-order valence-electron chi connectivity index (χ2n) is 6.26. The second kappa shape index (κ2) is 8.98. The van der Waals surface area contributed by atoms with Gasteiger partial charge < -0.3 is 19.6 Å². The summed E-state index contributed by atoms with van der Waals surface area (Å²) < 4.78 is 0. The van der Waals surface area contributed by atoms with Crippen LogP contribution >= 0.6 is 0 Å². The SMILES string of the molecule is CCN1CCCN2CCN(CC)CCCN(CC1)CC2. The van der Waals surface area contributed by atoms with Crippen LogP contribution in [0.25, 0.3) is 0 Å². The van der Waals surface area contributed by atoms with Crippen LogP contribution in [0.3, 0.4) is 0 Å². The Morgan fingerprint density at radius 2 is 0.900 bits per heavy atom. The second-order valence-corrected chi connectivity index (χ2v) is 6.26. The minimum absolute atomic E-state index is 1.21. The molecular formula is C16H34N4. The highest BCUT2D eigenvalue weighted by Crippen LogP contribution is 2.05. The highest BCUT2D eigenvalue weighted by Gasteiger charge is 2.16. The molecule has 2 aliphatic heterocycles. The molecule has 0 aliphatic carbocycles. The van der Waals surface area contributed by atoms with Crippen LogP contribution < -0.4 is 0 Å². The monoisotopic (exact) mass is 282 g/mol. The molecule has 0 N–H and O–H groups in total. The van der Waals surface area contributed by atoms with E-state index in [-0.39, 0.29) is 0 Å². The molecule has 4 nitrogen and oxygen atoms in total. The zero-order chi connectivity index (χ0) is 14.2. The van der Waals surface area contributed by atoms with E-state index in [4.69, 9.17) is 0 Å². The Labute approximate surface area is 125 Å². The fraction of sp³-hybridized carbons (Fsp3) is 1.00. The minimum Gasteiger partial charge on any atom is -0.302 e. The zero-order valence-corrected chi connectivity index (χ0v) is 13.7. The average Bonchev–Trinajstić information content (AvgIpc) is 2.49. The standard InChI is InChI=1S/C16H34N4/c1-3-17-7-5-9-20-14-12-18(4-2)8-6-10-19(13-11-17)15-16-20/h3-16H2,1-2H3. The van der Waals surface area contributed by atoms with Gasteiger partial charge in [0.15, 0.2) is 0 Å². The third kappa shape index (κ3) is 5.32. The van der Waals surface area contributed by atoms with Gasteiger partial charge in [-0.1, -0.05) is 13.8 Å². The molecule has 0 amide bonds. The molecule has 0 aromatic carbocycles. The first kappa shape index (κ1) is 16.2. The summed E-state index contributed by atoms with van der Waals surface area (Å²) in [4.78, 5) is 10.6. The van der Waals surface area contributed by atoms with Crippen molar-refractivity contribution in [3.63, 3.8) is 0 Å². The van der Waals surface area contributed by atoms with Gasteiger partial charge in [0.1, 0.15) is 0 Å². The summed E-state index contributed by atoms with van der Waals surface area (Å²) in [5.74, 6) is 0. The first-order valence-corrected chi connectivity index (χ1v) is 8.71. The van der Waals surface area contributed by atoms with Gasteiger partial charge in [0.2, 0.25) is 0 Å². The summed E-state index contributed by atoms with van der Waals surface area (Å²) in [6.45, 7) is 19.7. The Bertz CT molecular complexity index is 229. The number of nitrogens with zero attached hydrogens (tertiary/aromatic N) is 4. The minimum atomic E-state index is 1.21. The molecule has 2 fully saturated rings. The van der Waals surface area contributed by atoms with E-state index >= 15 is 0 Å². The Kier molecular flexibility index (Phi) is 7.28. The van der Waals surface area contributed by atoms with E-state index in [1.54, 1.807) is 0 Å². The van der Waals surface area contributed by atoms with Crippen molar-refractivity contribution in [1.29, 1.82) is 0 Å². The maximum absolute atomic E-state index is 2.69. The largest absolute Gasteiger partial charge is 0.302 e. The van der Waals surface area contributed by atoms with Gasteiger partial charge >= 0.3 is 0 Å². The Hall–Kier alpha value is -0.160. The molecule has 0 spiro atoms. The summed E-state index contributed by atoms with van der Waals surface area (Å²) in [5.41, 5.74) is 0. The maximum atomic E-state index is 2.69. The van der Waals surface area contributed by atoms with Crippen LogP contribution in [0.4, 0.5) is 0 Å². The smallest absolute Gasteiger partial charge is 0.0110 e. The van der Waals surface area contributed by atoms with Crippen molar-refractivity contribution in [2.75, 3.05) is 78.5 Å². The lowest BCUT2D eigenvalue weighted by Crippen LogP contribution is -2.46. The lowest BCUT2D eigenvalue weighted by Gasteiger charge is -2.35. The topological polar surface area (TPSA) is 13.0 Å². The van der Waals surface area contributed by atoms with Crippen molar-refractivity contribution in [1.82, 2.24) is 19.6 Å². The zero-order valence-electron chi connectivity index (χ0n) is 13.7. The highest BCUT2D eigenvalue weighted by molar-refractivity contribution is 4.73. The molecule has 20 heavy (non-hydrogen) atoms. The van der Waals surface area contributed by atoms with Gasteiger partial charge in [-0.2, -0.15) is 0 Å². The molecule has 2 atom stereocenters. The van der Waals surface area contributed by atoms with Crippen molar-refractivity contribution >= 4 is 0 Å². The van der Waals surface area contributed by atoms with Crippen LogP contribution in [0.5, 0.6) is 0 Å². The van der Waals surface area contributed by atoms with Crippen LogP contribution in [-0.4, -0.2) is 98.1 Å². The van der Waals surface area contributed by atoms with Gasteiger partial charge in [0.25, 0.3) is 0 Å². The van der Waals surface area contributed by atoms with Crippen molar-refractivity contribution in [3.8, 4) is 0 Å². The fourth-order valence-electron chi connectivity index (χ4n) is 3.41. The van der Waals surface area contributed by atoms with Crippen LogP contribution in [0.2, 0.25) is 0 Å². The van der Waals surface area contributed by atoms with Gasteiger partial charge in [-0.3, -0.25) is 0 Å². The molecule has 2 saturated heterocycles. The van der Waals surface area contributed by atoms with Gasteiger partial charge in [0.05, 0.1) is 0 Å². The summed E-state index contributed by atoms with van der Waals surface area (Å²) in [5, 5.41) is 0. The lowest BCUT2D eigenvalue weighted by molar-refractivity contribution is 0.123. The predicted octanol–water partition coefficient (Wildman–Crippen LogP) is 1.04. The molecule has 2 heterocycles. The molecule has 2 aliphatic rings. The highest BCUT2D eigenvalue weighted by atomic mass is 15.3. The Morgan fingerprint density at radius 3 is 1.30 bits per heavy atom. The van der Waals surface area contributed by atoms with Crippen molar-refractivity contribution in [3.05, 3.63) is 0 Å². The number of fused-ring (bicyclic) bond motifs is 3. The molecule has 0 saturated carbocycles. The summed E-state index contributed by atoms with van der Waals surface area (Å²) >= 11 is 0. The third-order valence-corrected chi connectivity index (χ3v) is 4.99. The lowest BCUT2D eigenvalue weighted by atomic mass is 10.2. The first-order chi connectivity index (χ1) is 9.81. The van der Waals surface area contributed by atoms with Gasteiger partial charge in [0, 0.05) is 39.3 Å². The number of hydrogen-bond donors (Lipinski definition) is 0. The first-order valence-electron chi connectivity index (χ1n) is 8.71. The van der Waals surface area contributed by atoms with Crippen molar-refractivity contribution < 1.29 is 0 Å². The van der Waals surface area contributed by atoms with Crippen LogP contribution in [0, 0.1) is 0 Å². The molecule has 0 radical (unpaired) electrons. The molecule has 0 aromatic rings. The Balaban J connectivity index is 1.95. The molecule has 0 aromatic heterocycles. The molecule has 2 rings (SSSR count). The number of hydrogen-bond acceptors (Lipinski definition) is 4. The molecule has 2 bridgehead atoms. The molecular weight excluding hydrogens is 248 g/mol. The van der Waals surface area contributed by atoms with E-state index in [2.05, 4.69) is 33.4 Å². The van der Waals surface area contributed by atoms with Gasteiger partial charge in [-0.25, -0.2) is 0 Å². The van der Waals surface area contributed by atoms with Crippen LogP contribution in [0.1, 0.15) is 26.7 Å². The normalized spacial score (nSPS) is 32.1. The van der Waals surface area contributed by atoms with E-state index < -0.39 is 0 Å². The number of likely N-dealkylation sites (N-methyl/N-ethyl adjacent to an activating group) is 2. The van der Waals surface area contributed by atoms with E-state index in [1.807, 2.05) is 0 Å². The fourth-order valence-corrected chi connectivity index (χ4v) is 3.41. The molecule has 2 unspecified atom stereocenters. The number of rotatable bonds is 2. The van der Waals surface area contributed by atoms with Crippen LogP contribution in [-0.2, 0) is 0 Å². The quantitative estimate of drug-likeness (QED) is 0.750. The molecule has 118 valence electrons. The van der Waals surface area contributed by atoms with E-state index in [9.17, 15) is 0 Å². The summed E-state index contributed by atoms with van der Waals surface area (Å²) in [6, 6.07) is 0. The Morgan fingerprint density at radius 1 is 0.500 bits per heavy atom. The average molecular weight is 282 g/mol. The van der Waals surface area contributed by atoms with Crippen molar-refractivity contribution in [2.24, 2.45) is 0 Å². The van der Waals surface area contributed by atoms with E-state index in [1.165, 1.54) is 91.4 Å². The van der Waals surface area contributed by atoms with E-state index in [0.29, 0.717) is 0 Å². The van der Waals surface area contributed by atoms with Crippen LogP contribution in [0.15, 0.2) is 0 Å². The van der Waals surface area contributed by atoms with Gasteiger partial charge in [-0.05, 0) is 52.1 Å². The van der Waals surface area contributed by atoms with Gasteiger partial charge in [-0.15, -0.1) is 0 Å². The summed E-state index contributed by atoms with van der Waals surface area (Å²) in [7, 11) is 0.